The lowest BCUT2D eigenvalue weighted by molar-refractivity contribution is -0.0736. The van der Waals surface area contributed by atoms with Crippen molar-refractivity contribution in [3.63, 3.8) is 0 Å². The Morgan fingerprint density at radius 1 is 1.32 bits per heavy atom. The lowest BCUT2D eigenvalue weighted by atomic mass is 10.1. The van der Waals surface area contributed by atoms with Gasteiger partial charge in [-0.1, -0.05) is 30.3 Å². The largest absolute Gasteiger partial charge is 0.379 e. The molecule has 6 heteroatoms. The van der Waals surface area contributed by atoms with Gasteiger partial charge in [0.2, 0.25) is 0 Å². The van der Waals surface area contributed by atoms with Crippen LogP contribution in [0.15, 0.2) is 48.7 Å². The lowest BCUT2D eigenvalue weighted by Crippen LogP contribution is -2.49. The van der Waals surface area contributed by atoms with E-state index in [1.807, 2.05) is 30.3 Å². The molecular formula is C19H23N3O3. The molecule has 3 rings (SSSR count). The minimum Gasteiger partial charge on any atom is -0.379 e. The van der Waals surface area contributed by atoms with Crippen LogP contribution in [0.4, 0.5) is 5.82 Å². The summed E-state index contributed by atoms with van der Waals surface area (Å²) in [5.74, 6) is 0.538. The molecule has 0 unspecified atom stereocenters. The fourth-order valence-corrected chi connectivity index (χ4v) is 2.78. The molecule has 1 aromatic carbocycles. The number of nitrogens with one attached hydrogen (secondary N) is 2. The highest BCUT2D eigenvalue weighted by atomic mass is 16.5. The van der Waals surface area contributed by atoms with Crippen LogP contribution in [0.3, 0.4) is 0 Å². The van der Waals surface area contributed by atoms with E-state index < -0.39 is 0 Å². The number of hydrogen-bond acceptors (Lipinski definition) is 5. The number of pyridine rings is 1. The number of benzene rings is 1. The molecule has 1 aromatic heterocycles. The van der Waals surface area contributed by atoms with Crippen LogP contribution in [0.2, 0.25) is 0 Å². The van der Waals surface area contributed by atoms with Gasteiger partial charge in [0.25, 0.3) is 5.91 Å². The predicted octanol–water partition coefficient (Wildman–Crippen LogP) is 2.23. The Kier molecular flexibility index (Phi) is 5.98. The summed E-state index contributed by atoms with van der Waals surface area (Å²) < 4.78 is 11.5. The fraction of sp³-hybridized carbons (Fsp3) is 0.368. The van der Waals surface area contributed by atoms with Crippen LogP contribution in [0.1, 0.15) is 22.3 Å². The minimum atomic E-state index is -0.163. The monoisotopic (exact) mass is 341 g/mol. The van der Waals surface area contributed by atoms with Crippen molar-refractivity contribution in [3.05, 3.63) is 59.8 Å². The first kappa shape index (κ1) is 17.4. The van der Waals surface area contributed by atoms with E-state index in [0.717, 1.165) is 12.0 Å². The number of carbonyl (C=O) groups excluding carboxylic acids is 1. The molecule has 0 bridgehead atoms. The molecule has 1 saturated heterocycles. The first-order valence-electron chi connectivity index (χ1n) is 8.44. The van der Waals surface area contributed by atoms with E-state index in [-0.39, 0.29) is 18.1 Å². The molecule has 1 aliphatic heterocycles. The normalized spacial score (nSPS) is 20.0. The van der Waals surface area contributed by atoms with Gasteiger partial charge >= 0.3 is 0 Å². The van der Waals surface area contributed by atoms with E-state index in [2.05, 4.69) is 15.6 Å². The van der Waals surface area contributed by atoms with E-state index in [9.17, 15) is 4.79 Å². The van der Waals surface area contributed by atoms with E-state index in [0.29, 0.717) is 31.2 Å². The molecule has 2 N–H and O–H groups in total. The van der Waals surface area contributed by atoms with Crippen molar-refractivity contribution in [1.29, 1.82) is 0 Å². The molecule has 1 amide bonds. The maximum atomic E-state index is 12.5. The van der Waals surface area contributed by atoms with Gasteiger partial charge in [-0.3, -0.25) is 4.79 Å². The highest BCUT2D eigenvalue weighted by Gasteiger charge is 2.28. The molecular weight excluding hydrogens is 318 g/mol. The predicted molar refractivity (Wildman–Crippen MR) is 95.5 cm³/mol. The quantitative estimate of drug-likeness (QED) is 0.843. The first-order chi connectivity index (χ1) is 12.3. The number of hydrogen-bond donors (Lipinski definition) is 2. The number of rotatable bonds is 6. The van der Waals surface area contributed by atoms with Crippen LogP contribution >= 0.6 is 0 Å². The van der Waals surface area contributed by atoms with Crippen molar-refractivity contribution in [3.8, 4) is 0 Å². The zero-order chi connectivity index (χ0) is 17.5. The molecule has 2 aromatic rings. The number of anilines is 1. The third-order valence-electron chi connectivity index (χ3n) is 4.21. The van der Waals surface area contributed by atoms with Gasteiger partial charge in [-0.15, -0.1) is 0 Å². The summed E-state index contributed by atoms with van der Waals surface area (Å²) in [6.45, 7) is 1.60. The van der Waals surface area contributed by atoms with Crippen molar-refractivity contribution < 1.29 is 14.3 Å². The van der Waals surface area contributed by atoms with E-state index >= 15 is 0 Å². The zero-order valence-corrected chi connectivity index (χ0v) is 14.3. The van der Waals surface area contributed by atoms with Crippen LogP contribution in [-0.4, -0.2) is 43.3 Å². The van der Waals surface area contributed by atoms with E-state index in [1.165, 1.54) is 0 Å². The van der Waals surface area contributed by atoms with Gasteiger partial charge in [0.05, 0.1) is 19.3 Å². The van der Waals surface area contributed by atoms with E-state index in [4.69, 9.17) is 9.47 Å². The van der Waals surface area contributed by atoms with Crippen LogP contribution in [-0.2, 0) is 16.1 Å². The lowest BCUT2D eigenvalue weighted by Gasteiger charge is -2.32. The standard InChI is InChI=1S/C19H23N3O3/c1-20-18-11-15(7-9-21-18)19(23)22-16-8-10-24-13-17(16)25-12-14-5-3-2-4-6-14/h2-7,9,11,16-17H,8,10,12-13H2,1H3,(H,20,21)(H,22,23)/t16-,17-/m1/s1. The number of amides is 1. The molecule has 132 valence electrons. The van der Waals surface area contributed by atoms with Gasteiger partial charge in [-0.25, -0.2) is 4.98 Å². The SMILES string of the molecule is CNc1cc(C(=O)N[C@@H]2CCOC[C@H]2OCc2ccccc2)ccn1. The summed E-state index contributed by atoms with van der Waals surface area (Å²) in [7, 11) is 1.77. The summed E-state index contributed by atoms with van der Waals surface area (Å²) >= 11 is 0. The van der Waals surface area contributed by atoms with E-state index in [1.54, 1.807) is 25.4 Å². The Bertz CT molecular complexity index is 693. The molecule has 25 heavy (non-hydrogen) atoms. The molecule has 1 fully saturated rings. The van der Waals surface area contributed by atoms with Crippen LogP contribution in [0.25, 0.3) is 0 Å². The summed E-state index contributed by atoms with van der Waals surface area (Å²) in [6.07, 6.45) is 2.19. The summed E-state index contributed by atoms with van der Waals surface area (Å²) in [6, 6.07) is 13.3. The summed E-state index contributed by atoms with van der Waals surface area (Å²) in [5, 5.41) is 6.01. The highest BCUT2D eigenvalue weighted by Crippen LogP contribution is 2.15. The van der Waals surface area contributed by atoms with Crippen molar-refractivity contribution >= 4 is 11.7 Å². The second-order valence-electron chi connectivity index (χ2n) is 5.96. The second kappa shape index (κ2) is 8.60. The molecule has 0 spiro atoms. The van der Waals surface area contributed by atoms with Crippen molar-refractivity contribution in [2.45, 2.75) is 25.2 Å². The van der Waals surface area contributed by atoms with Gasteiger partial charge in [0.1, 0.15) is 11.9 Å². The summed E-state index contributed by atoms with van der Waals surface area (Å²) in [5.41, 5.74) is 1.68. The van der Waals surface area contributed by atoms with Gasteiger partial charge in [0, 0.05) is 25.4 Å². The maximum absolute atomic E-state index is 12.5. The van der Waals surface area contributed by atoms with Gasteiger partial charge in [-0.2, -0.15) is 0 Å². The number of carbonyl (C=O) groups is 1. The van der Waals surface area contributed by atoms with Gasteiger partial charge in [-0.05, 0) is 24.1 Å². The fourth-order valence-electron chi connectivity index (χ4n) is 2.78. The zero-order valence-electron chi connectivity index (χ0n) is 14.3. The maximum Gasteiger partial charge on any atom is 0.251 e. The Labute approximate surface area is 147 Å². The molecule has 0 saturated carbocycles. The highest BCUT2D eigenvalue weighted by molar-refractivity contribution is 5.95. The van der Waals surface area contributed by atoms with Crippen LogP contribution in [0, 0.1) is 0 Å². The third kappa shape index (κ3) is 4.78. The summed E-state index contributed by atoms with van der Waals surface area (Å²) in [4.78, 5) is 16.7. The molecule has 0 radical (unpaired) electrons. The third-order valence-corrected chi connectivity index (χ3v) is 4.21. The topological polar surface area (TPSA) is 72.5 Å². The number of aromatic nitrogens is 1. The Morgan fingerprint density at radius 3 is 2.96 bits per heavy atom. The second-order valence-corrected chi connectivity index (χ2v) is 5.96. The number of nitrogens with zero attached hydrogens (tertiary/aromatic N) is 1. The molecule has 1 aliphatic rings. The van der Waals surface area contributed by atoms with Gasteiger partial charge < -0.3 is 20.1 Å². The van der Waals surface area contributed by atoms with Crippen molar-refractivity contribution in [1.82, 2.24) is 10.3 Å². The van der Waals surface area contributed by atoms with Crippen molar-refractivity contribution in [2.24, 2.45) is 0 Å². The average molecular weight is 341 g/mol. The Morgan fingerprint density at radius 2 is 2.16 bits per heavy atom. The van der Waals surface area contributed by atoms with Crippen LogP contribution < -0.4 is 10.6 Å². The Balaban J connectivity index is 1.61. The average Bonchev–Trinajstić information content (AvgIpc) is 2.68. The minimum absolute atomic E-state index is 0.0730. The first-order valence-corrected chi connectivity index (χ1v) is 8.44. The van der Waals surface area contributed by atoms with Crippen molar-refractivity contribution in [2.75, 3.05) is 25.6 Å². The smallest absolute Gasteiger partial charge is 0.251 e. The molecule has 6 nitrogen and oxygen atoms in total. The molecule has 2 atom stereocenters. The number of ether oxygens (including phenoxy) is 2. The van der Waals surface area contributed by atoms with Crippen LogP contribution in [0.5, 0.6) is 0 Å². The molecule has 2 heterocycles. The Hall–Kier alpha value is -2.44. The molecule has 0 aliphatic carbocycles. The van der Waals surface area contributed by atoms with Gasteiger partial charge in [0.15, 0.2) is 0 Å².